The zero-order valence-electron chi connectivity index (χ0n) is 7.45. The second-order valence-electron chi connectivity index (χ2n) is 2.82. The van der Waals surface area contributed by atoms with Crippen molar-refractivity contribution in [2.45, 2.75) is 13.5 Å². The number of aromatic nitrogens is 1. The third-order valence-electron chi connectivity index (χ3n) is 1.55. The van der Waals surface area contributed by atoms with Gasteiger partial charge in [0.15, 0.2) is 0 Å². The molecule has 70 valence electrons. The predicted octanol–water partition coefficient (Wildman–Crippen LogP) is 0.564. The molecule has 0 saturated carbocycles. The molecular formula is C9H12N2O2. The number of pyridine rings is 1. The van der Waals surface area contributed by atoms with Crippen molar-refractivity contribution in [2.75, 3.05) is 6.54 Å². The lowest BCUT2D eigenvalue weighted by Gasteiger charge is -2.00. The van der Waals surface area contributed by atoms with E-state index in [0.29, 0.717) is 6.54 Å². The highest BCUT2D eigenvalue weighted by atomic mass is 16.4. The fourth-order valence-electron chi connectivity index (χ4n) is 0.901. The second-order valence-corrected chi connectivity index (χ2v) is 2.82. The molecule has 4 heteroatoms. The van der Waals surface area contributed by atoms with Crippen LogP contribution in [0.4, 0.5) is 0 Å². The van der Waals surface area contributed by atoms with Gasteiger partial charge in [0.25, 0.3) is 0 Å². The van der Waals surface area contributed by atoms with Crippen LogP contribution in [0.15, 0.2) is 18.3 Å². The molecule has 1 aromatic rings. The SMILES string of the molecule is Cc1ccc(CNCC(=O)O)nc1. The summed E-state index contributed by atoms with van der Waals surface area (Å²) in [4.78, 5) is 14.3. The Hall–Kier alpha value is -1.42. The zero-order valence-corrected chi connectivity index (χ0v) is 7.45. The lowest BCUT2D eigenvalue weighted by Crippen LogP contribution is -2.22. The summed E-state index contributed by atoms with van der Waals surface area (Å²) in [5, 5.41) is 11.1. The van der Waals surface area contributed by atoms with Crippen LogP contribution < -0.4 is 5.32 Å². The van der Waals surface area contributed by atoms with Gasteiger partial charge in [0, 0.05) is 12.7 Å². The van der Waals surface area contributed by atoms with Crippen molar-refractivity contribution in [2.24, 2.45) is 0 Å². The molecule has 1 aromatic heterocycles. The molecule has 0 bridgehead atoms. The summed E-state index contributed by atoms with van der Waals surface area (Å²) in [5.74, 6) is -0.855. The van der Waals surface area contributed by atoms with Crippen LogP contribution in [0.1, 0.15) is 11.3 Å². The van der Waals surface area contributed by atoms with E-state index < -0.39 is 5.97 Å². The van der Waals surface area contributed by atoms with E-state index in [1.54, 1.807) is 6.20 Å². The highest BCUT2D eigenvalue weighted by molar-refractivity contribution is 5.68. The highest BCUT2D eigenvalue weighted by Crippen LogP contribution is 1.97. The first kappa shape index (κ1) is 9.67. The van der Waals surface area contributed by atoms with Crippen LogP contribution in [0.2, 0.25) is 0 Å². The maximum atomic E-state index is 10.2. The Morgan fingerprint density at radius 1 is 1.62 bits per heavy atom. The van der Waals surface area contributed by atoms with Gasteiger partial charge >= 0.3 is 5.97 Å². The first-order chi connectivity index (χ1) is 6.18. The van der Waals surface area contributed by atoms with Gasteiger partial charge in [-0.15, -0.1) is 0 Å². The van der Waals surface area contributed by atoms with Crippen LogP contribution in [0, 0.1) is 6.92 Å². The molecule has 2 N–H and O–H groups in total. The Bertz CT molecular complexity index is 282. The molecule has 0 aromatic carbocycles. The van der Waals surface area contributed by atoms with Gasteiger partial charge in [-0.3, -0.25) is 9.78 Å². The minimum atomic E-state index is -0.855. The number of rotatable bonds is 4. The molecule has 1 rings (SSSR count). The number of carboxylic acid groups (broad SMARTS) is 1. The van der Waals surface area contributed by atoms with Crippen molar-refractivity contribution < 1.29 is 9.90 Å². The normalized spacial score (nSPS) is 9.92. The molecule has 0 saturated heterocycles. The predicted molar refractivity (Wildman–Crippen MR) is 48.3 cm³/mol. The van der Waals surface area contributed by atoms with Crippen molar-refractivity contribution in [3.05, 3.63) is 29.6 Å². The Kier molecular flexibility index (Phi) is 3.40. The van der Waals surface area contributed by atoms with Crippen LogP contribution in [0.3, 0.4) is 0 Å². The number of carbonyl (C=O) groups is 1. The average Bonchev–Trinajstić information content (AvgIpc) is 2.08. The Morgan fingerprint density at radius 3 is 2.92 bits per heavy atom. The van der Waals surface area contributed by atoms with Crippen molar-refractivity contribution in [1.82, 2.24) is 10.3 Å². The van der Waals surface area contributed by atoms with Gasteiger partial charge in [-0.05, 0) is 18.6 Å². The first-order valence-corrected chi connectivity index (χ1v) is 4.02. The average molecular weight is 180 g/mol. The van der Waals surface area contributed by atoms with Gasteiger partial charge in [0.2, 0.25) is 0 Å². The van der Waals surface area contributed by atoms with E-state index in [0.717, 1.165) is 11.3 Å². The van der Waals surface area contributed by atoms with E-state index in [1.807, 2.05) is 19.1 Å². The van der Waals surface area contributed by atoms with Crippen LogP contribution in [0.25, 0.3) is 0 Å². The molecule has 13 heavy (non-hydrogen) atoms. The molecular weight excluding hydrogens is 168 g/mol. The Labute approximate surface area is 76.6 Å². The van der Waals surface area contributed by atoms with Crippen molar-refractivity contribution >= 4 is 5.97 Å². The summed E-state index contributed by atoms with van der Waals surface area (Å²) in [5.41, 5.74) is 1.95. The quantitative estimate of drug-likeness (QED) is 0.710. The van der Waals surface area contributed by atoms with Crippen LogP contribution >= 0.6 is 0 Å². The summed E-state index contributed by atoms with van der Waals surface area (Å²) in [7, 11) is 0. The third kappa shape index (κ3) is 3.66. The number of aliphatic carboxylic acids is 1. The standard InChI is InChI=1S/C9H12N2O2/c1-7-2-3-8(11-4-7)5-10-6-9(12)13/h2-4,10H,5-6H2,1H3,(H,12,13). The molecule has 1 heterocycles. The lowest BCUT2D eigenvalue weighted by atomic mass is 10.3. The van der Waals surface area contributed by atoms with E-state index in [4.69, 9.17) is 5.11 Å². The van der Waals surface area contributed by atoms with Gasteiger partial charge in [0.05, 0.1) is 12.2 Å². The number of carboxylic acids is 1. The number of nitrogens with zero attached hydrogens (tertiary/aromatic N) is 1. The maximum absolute atomic E-state index is 10.2. The highest BCUT2D eigenvalue weighted by Gasteiger charge is 1.96. The fourth-order valence-corrected chi connectivity index (χ4v) is 0.901. The van der Waals surface area contributed by atoms with E-state index >= 15 is 0 Å². The van der Waals surface area contributed by atoms with Gasteiger partial charge < -0.3 is 10.4 Å². The molecule has 0 atom stereocenters. The minimum Gasteiger partial charge on any atom is -0.480 e. The molecule has 0 aliphatic carbocycles. The lowest BCUT2D eigenvalue weighted by molar-refractivity contribution is -0.135. The van der Waals surface area contributed by atoms with E-state index in [1.165, 1.54) is 0 Å². The van der Waals surface area contributed by atoms with Crippen molar-refractivity contribution in [1.29, 1.82) is 0 Å². The Balaban J connectivity index is 2.37. The molecule has 0 spiro atoms. The summed E-state index contributed by atoms with van der Waals surface area (Å²) < 4.78 is 0. The summed E-state index contributed by atoms with van der Waals surface area (Å²) >= 11 is 0. The van der Waals surface area contributed by atoms with E-state index in [-0.39, 0.29) is 6.54 Å². The summed E-state index contributed by atoms with van der Waals surface area (Å²) in [6.45, 7) is 2.42. The van der Waals surface area contributed by atoms with Gasteiger partial charge in [-0.2, -0.15) is 0 Å². The number of hydrogen-bond donors (Lipinski definition) is 2. The third-order valence-corrected chi connectivity index (χ3v) is 1.55. The van der Waals surface area contributed by atoms with Crippen LogP contribution in [-0.2, 0) is 11.3 Å². The monoisotopic (exact) mass is 180 g/mol. The first-order valence-electron chi connectivity index (χ1n) is 4.02. The molecule has 0 aliphatic rings. The molecule has 4 nitrogen and oxygen atoms in total. The second kappa shape index (κ2) is 4.57. The van der Waals surface area contributed by atoms with Gasteiger partial charge in [-0.25, -0.2) is 0 Å². The molecule has 0 amide bonds. The summed E-state index contributed by atoms with van der Waals surface area (Å²) in [6, 6.07) is 3.83. The van der Waals surface area contributed by atoms with E-state index in [2.05, 4.69) is 10.3 Å². The van der Waals surface area contributed by atoms with Crippen LogP contribution in [0.5, 0.6) is 0 Å². The molecule has 0 unspecified atom stereocenters. The summed E-state index contributed by atoms with van der Waals surface area (Å²) in [6.07, 6.45) is 1.76. The zero-order chi connectivity index (χ0) is 9.68. The smallest absolute Gasteiger partial charge is 0.317 e. The molecule has 0 radical (unpaired) electrons. The van der Waals surface area contributed by atoms with Crippen LogP contribution in [-0.4, -0.2) is 22.6 Å². The van der Waals surface area contributed by atoms with Crippen molar-refractivity contribution in [3.63, 3.8) is 0 Å². The number of nitrogens with one attached hydrogen (secondary N) is 1. The number of hydrogen-bond acceptors (Lipinski definition) is 3. The maximum Gasteiger partial charge on any atom is 0.317 e. The van der Waals surface area contributed by atoms with Crippen molar-refractivity contribution in [3.8, 4) is 0 Å². The van der Waals surface area contributed by atoms with E-state index in [9.17, 15) is 4.79 Å². The minimum absolute atomic E-state index is 0.0322. The van der Waals surface area contributed by atoms with Gasteiger partial charge in [0.1, 0.15) is 0 Å². The largest absolute Gasteiger partial charge is 0.480 e. The molecule has 0 aliphatic heterocycles. The molecule has 0 fully saturated rings. The number of aryl methyl sites for hydroxylation is 1. The fraction of sp³-hybridized carbons (Fsp3) is 0.333. The Morgan fingerprint density at radius 2 is 2.38 bits per heavy atom. The van der Waals surface area contributed by atoms with Gasteiger partial charge in [-0.1, -0.05) is 6.07 Å². The topological polar surface area (TPSA) is 62.2 Å².